The minimum atomic E-state index is -0.860. The lowest BCUT2D eigenvalue weighted by Crippen LogP contribution is -2.24. The molecule has 7 heteroatoms. The first kappa shape index (κ1) is 25.5. The highest BCUT2D eigenvalue weighted by atomic mass is 16.5. The van der Waals surface area contributed by atoms with Gasteiger partial charge in [-0.15, -0.1) is 0 Å². The molecule has 0 radical (unpaired) electrons. The van der Waals surface area contributed by atoms with Gasteiger partial charge in [-0.05, 0) is 67.9 Å². The molecule has 1 aromatic heterocycles. The summed E-state index contributed by atoms with van der Waals surface area (Å²) >= 11 is 0. The van der Waals surface area contributed by atoms with E-state index >= 15 is 0 Å². The number of rotatable bonds is 11. The molecule has 188 valence electrons. The molecule has 2 aromatic carbocycles. The minimum absolute atomic E-state index is 0.0970. The summed E-state index contributed by atoms with van der Waals surface area (Å²) in [6, 6.07) is 16.5. The maximum absolute atomic E-state index is 11.9. The molecule has 1 aliphatic rings. The highest BCUT2D eigenvalue weighted by Crippen LogP contribution is 2.40. The van der Waals surface area contributed by atoms with E-state index in [0.717, 1.165) is 53.3 Å². The molecule has 0 fully saturated rings. The molecular formula is C29H33N3O4. The Hall–Kier alpha value is -3.63. The second kappa shape index (κ2) is 11.9. The van der Waals surface area contributed by atoms with Gasteiger partial charge in [0.15, 0.2) is 0 Å². The van der Waals surface area contributed by atoms with Gasteiger partial charge >= 0.3 is 5.97 Å². The van der Waals surface area contributed by atoms with Crippen LogP contribution in [0.2, 0.25) is 0 Å². The number of nitriles is 1. The number of hydrogen-bond acceptors (Lipinski definition) is 5. The quantitative estimate of drug-likeness (QED) is 0.303. The lowest BCUT2D eigenvalue weighted by molar-refractivity contribution is -0.143. The van der Waals surface area contributed by atoms with Gasteiger partial charge in [0.1, 0.15) is 0 Å². The summed E-state index contributed by atoms with van der Waals surface area (Å²) in [5, 5.41) is 24.4. The Kier molecular flexibility index (Phi) is 8.40. The van der Waals surface area contributed by atoms with E-state index in [1.165, 1.54) is 11.3 Å². The fourth-order valence-corrected chi connectivity index (χ4v) is 5.37. The first-order chi connectivity index (χ1) is 17.6. The van der Waals surface area contributed by atoms with Crippen LogP contribution in [-0.4, -0.2) is 28.7 Å². The highest BCUT2D eigenvalue weighted by molar-refractivity contribution is 5.88. The van der Waals surface area contributed by atoms with Crippen LogP contribution in [0.25, 0.3) is 10.9 Å². The first-order valence-corrected chi connectivity index (χ1v) is 12.7. The number of amides is 1. The van der Waals surface area contributed by atoms with Crippen molar-refractivity contribution in [3.63, 3.8) is 0 Å². The van der Waals surface area contributed by atoms with Gasteiger partial charge in [0.25, 0.3) is 0 Å². The maximum atomic E-state index is 11.9. The van der Waals surface area contributed by atoms with Crippen molar-refractivity contribution in [2.75, 3.05) is 6.61 Å². The summed E-state index contributed by atoms with van der Waals surface area (Å²) < 4.78 is 7.35. The summed E-state index contributed by atoms with van der Waals surface area (Å²) in [6.45, 7) is 2.76. The zero-order valence-corrected chi connectivity index (χ0v) is 20.7. The van der Waals surface area contributed by atoms with Crippen LogP contribution in [0.5, 0.6) is 0 Å². The zero-order chi connectivity index (χ0) is 25.5. The van der Waals surface area contributed by atoms with Crippen LogP contribution < -0.4 is 5.32 Å². The van der Waals surface area contributed by atoms with Crippen LogP contribution in [0.4, 0.5) is 0 Å². The number of aromatic nitrogens is 1. The summed E-state index contributed by atoms with van der Waals surface area (Å²) in [6.07, 6.45) is 3.83. The topological polar surface area (TPSA) is 104 Å². The number of aliphatic hydroxyl groups is 1. The van der Waals surface area contributed by atoms with Gasteiger partial charge < -0.3 is 19.7 Å². The largest absolute Gasteiger partial charge is 0.466 e. The molecule has 2 atom stereocenters. The molecule has 36 heavy (non-hydrogen) atoms. The summed E-state index contributed by atoms with van der Waals surface area (Å²) in [5.74, 6) is -0.335. The lowest BCUT2D eigenvalue weighted by Gasteiger charge is -2.24. The number of fused-ring (bicyclic) bond motifs is 3. The molecule has 0 saturated carbocycles. The molecule has 1 aliphatic carbocycles. The molecule has 3 aromatic rings. The van der Waals surface area contributed by atoms with Crippen molar-refractivity contribution in [2.24, 2.45) is 0 Å². The van der Waals surface area contributed by atoms with Crippen LogP contribution in [-0.2, 0) is 33.7 Å². The molecule has 1 heterocycles. The fraction of sp³-hybridized carbons (Fsp3) is 0.414. The Bertz CT molecular complexity index is 1260. The van der Waals surface area contributed by atoms with Gasteiger partial charge in [0, 0.05) is 41.5 Å². The highest BCUT2D eigenvalue weighted by Gasteiger charge is 2.29. The molecule has 4 rings (SSSR count). The molecule has 2 N–H and O–H groups in total. The third-order valence-corrected chi connectivity index (χ3v) is 6.98. The number of esters is 1. The van der Waals surface area contributed by atoms with Crippen molar-refractivity contribution in [1.29, 1.82) is 5.26 Å². The Labute approximate surface area is 211 Å². The minimum Gasteiger partial charge on any atom is -0.466 e. The van der Waals surface area contributed by atoms with E-state index in [2.05, 4.69) is 34.2 Å². The van der Waals surface area contributed by atoms with Gasteiger partial charge in [-0.2, -0.15) is 5.26 Å². The van der Waals surface area contributed by atoms with Crippen LogP contribution >= 0.6 is 0 Å². The molecule has 1 amide bonds. The third kappa shape index (κ3) is 5.44. The third-order valence-electron chi connectivity index (χ3n) is 6.98. The standard InChI is InChI=1S/C29H33N3O4/c1-2-36-28(35)14-13-27(34)22-17-23-26(16-21(22)10-7-15-30)32(18-20-8-4-3-5-9-20)25-12-6-11-24(29(23)25)31-19-33/h3-5,8-9,16-17,19,24,27,34H,2,6-7,10-14,18H2,1H3,(H,31,33). The van der Waals surface area contributed by atoms with Crippen LogP contribution in [0.15, 0.2) is 42.5 Å². The van der Waals surface area contributed by atoms with Crippen LogP contribution in [0.1, 0.15) is 79.1 Å². The Balaban J connectivity index is 1.85. The predicted molar refractivity (Wildman–Crippen MR) is 137 cm³/mol. The average Bonchev–Trinajstić information content (AvgIpc) is 3.19. The second-order valence-corrected chi connectivity index (χ2v) is 9.25. The van der Waals surface area contributed by atoms with Crippen LogP contribution in [0.3, 0.4) is 0 Å². The van der Waals surface area contributed by atoms with Crippen LogP contribution in [0, 0.1) is 11.3 Å². The maximum Gasteiger partial charge on any atom is 0.305 e. The van der Waals surface area contributed by atoms with E-state index < -0.39 is 6.10 Å². The number of carbonyl (C=O) groups excluding carboxylic acids is 2. The van der Waals surface area contributed by atoms with E-state index in [9.17, 15) is 20.0 Å². The first-order valence-electron chi connectivity index (χ1n) is 12.7. The Morgan fingerprint density at radius 1 is 1.33 bits per heavy atom. The number of aryl methyl sites for hydroxylation is 1. The fourth-order valence-electron chi connectivity index (χ4n) is 5.37. The number of nitrogens with one attached hydrogen (secondary N) is 1. The normalized spacial score (nSPS) is 15.6. The molecule has 0 saturated heterocycles. The van der Waals surface area contributed by atoms with Crippen molar-refractivity contribution in [1.82, 2.24) is 9.88 Å². The number of hydrogen-bond donors (Lipinski definition) is 2. The summed E-state index contributed by atoms with van der Waals surface area (Å²) in [4.78, 5) is 23.3. The molecular weight excluding hydrogens is 454 g/mol. The smallest absolute Gasteiger partial charge is 0.305 e. The number of aliphatic hydroxyl groups excluding tert-OH is 1. The van der Waals surface area contributed by atoms with E-state index in [1.54, 1.807) is 6.92 Å². The van der Waals surface area contributed by atoms with Crippen molar-refractivity contribution in [3.8, 4) is 6.07 Å². The van der Waals surface area contributed by atoms with E-state index in [-0.39, 0.29) is 24.9 Å². The lowest BCUT2D eigenvalue weighted by atomic mass is 9.88. The van der Waals surface area contributed by atoms with Gasteiger partial charge in [0.05, 0.1) is 24.8 Å². The predicted octanol–water partition coefficient (Wildman–Crippen LogP) is 4.65. The summed E-state index contributed by atoms with van der Waals surface area (Å²) in [5.41, 5.74) is 6.16. The molecule has 0 spiro atoms. The van der Waals surface area contributed by atoms with Gasteiger partial charge in [0.2, 0.25) is 6.41 Å². The molecule has 2 unspecified atom stereocenters. The van der Waals surface area contributed by atoms with E-state index in [0.29, 0.717) is 26.0 Å². The Morgan fingerprint density at radius 2 is 2.14 bits per heavy atom. The molecule has 7 nitrogen and oxygen atoms in total. The van der Waals surface area contributed by atoms with Gasteiger partial charge in [-0.3, -0.25) is 9.59 Å². The van der Waals surface area contributed by atoms with E-state index in [1.807, 2.05) is 24.3 Å². The number of nitrogens with zero attached hydrogens (tertiary/aromatic N) is 2. The molecule has 0 aliphatic heterocycles. The number of benzene rings is 2. The second-order valence-electron chi connectivity index (χ2n) is 9.25. The number of ether oxygens (including phenoxy) is 1. The summed E-state index contributed by atoms with van der Waals surface area (Å²) in [7, 11) is 0. The van der Waals surface area contributed by atoms with Crippen molar-refractivity contribution >= 4 is 23.3 Å². The monoisotopic (exact) mass is 487 g/mol. The van der Waals surface area contributed by atoms with Gasteiger partial charge in [-0.25, -0.2) is 0 Å². The zero-order valence-electron chi connectivity index (χ0n) is 20.7. The van der Waals surface area contributed by atoms with Crippen molar-refractivity contribution in [2.45, 2.75) is 70.6 Å². The Morgan fingerprint density at radius 3 is 2.86 bits per heavy atom. The SMILES string of the molecule is CCOC(=O)CCC(O)c1cc2c3c(n(Cc4ccccc4)c2cc1CCC#N)CCCC3NC=O. The van der Waals surface area contributed by atoms with Crippen molar-refractivity contribution < 1.29 is 19.4 Å². The average molecular weight is 488 g/mol. The van der Waals surface area contributed by atoms with Gasteiger partial charge in [-0.1, -0.05) is 30.3 Å². The molecule has 0 bridgehead atoms. The van der Waals surface area contributed by atoms with E-state index in [4.69, 9.17) is 4.74 Å². The number of carbonyl (C=O) groups is 2. The van der Waals surface area contributed by atoms with Crippen molar-refractivity contribution in [3.05, 3.63) is 70.4 Å².